The van der Waals surface area contributed by atoms with Crippen molar-refractivity contribution in [3.8, 4) is 0 Å². The number of aryl methyl sites for hydroxylation is 3. The van der Waals surface area contributed by atoms with Gasteiger partial charge in [0.15, 0.2) is 0 Å². The van der Waals surface area contributed by atoms with Gasteiger partial charge in [0.25, 0.3) is 0 Å². The van der Waals surface area contributed by atoms with Crippen molar-refractivity contribution in [3.05, 3.63) is 53.3 Å². The summed E-state index contributed by atoms with van der Waals surface area (Å²) in [5.74, 6) is 0. The Morgan fingerprint density at radius 1 is 1.26 bits per heavy atom. The van der Waals surface area contributed by atoms with E-state index in [-0.39, 0.29) is 6.10 Å². The lowest BCUT2D eigenvalue weighted by molar-refractivity contribution is 0.164. The number of rotatable bonds is 6. The average Bonchev–Trinajstić information content (AvgIpc) is 2.80. The number of aromatic nitrogens is 2. The number of nitrogens with zero attached hydrogens (tertiary/aromatic N) is 2. The first-order chi connectivity index (χ1) is 9.20. The minimum absolute atomic E-state index is 0.361. The van der Waals surface area contributed by atoms with Crippen molar-refractivity contribution < 1.29 is 5.11 Å². The van der Waals surface area contributed by atoms with Crippen LogP contribution in [0.25, 0.3) is 0 Å². The standard InChI is InChI=1S/C16H22N2O/c1-3-14-12-15(18(2)17-14)10-7-11-16(19)13-8-5-4-6-9-13/h4-6,8-9,12,16,19H,3,7,10-11H2,1-2H3. The molecule has 0 aliphatic rings. The van der Waals surface area contributed by atoms with Gasteiger partial charge in [0.1, 0.15) is 0 Å². The third kappa shape index (κ3) is 3.67. The molecule has 0 radical (unpaired) electrons. The van der Waals surface area contributed by atoms with Gasteiger partial charge in [-0.2, -0.15) is 5.10 Å². The molecule has 0 spiro atoms. The Morgan fingerprint density at radius 2 is 2.00 bits per heavy atom. The molecule has 19 heavy (non-hydrogen) atoms. The van der Waals surface area contributed by atoms with Gasteiger partial charge in [-0.25, -0.2) is 0 Å². The molecule has 102 valence electrons. The summed E-state index contributed by atoms with van der Waals surface area (Å²) in [7, 11) is 1.99. The van der Waals surface area contributed by atoms with Crippen LogP contribution in [0.1, 0.15) is 42.8 Å². The van der Waals surface area contributed by atoms with E-state index in [4.69, 9.17) is 0 Å². The summed E-state index contributed by atoms with van der Waals surface area (Å²) in [5, 5.41) is 14.5. The van der Waals surface area contributed by atoms with Crippen molar-refractivity contribution in [2.45, 2.75) is 38.7 Å². The second-order valence-electron chi connectivity index (χ2n) is 4.92. The number of hydrogen-bond donors (Lipinski definition) is 1. The maximum absolute atomic E-state index is 10.1. The fourth-order valence-corrected chi connectivity index (χ4v) is 2.30. The number of benzene rings is 1. The predicted molar refractivity (Wildman–Crippen MR) is 76.9 cm³/mol. The molecule has 1 aromatic carbocycles. The van der Waals surface area contributed by atoms with Gasteiger partial charge in [-0.3, -0.25) is 4.68 Å². The first kappa shape index (κ1) is 13.8. The van der Waals surface area contributed by atoms with Crippen molar-refractivity contribution >= 4 is 0 Å². The molecule has 0 saturated carbocycles. The van der Waals surface area contributed by atoms with Crippen molar-refractivity contribution in [2.75, 3.05) is 0 Å². The van der Waals surface area contributed by atoms with Crippen LogP contribution in [0.15, 0.2) is 36.4 Å². The van der Waals surface area contributed by atoms with Gasteiger partial charge in [-0.05, 0) is 37.3 Å². The molecule has 0 aliphatic carbocycles. The largest absolute Gasteiger partial charge is 0.388 e. The normalized spacial score (nSPS) is 12.6. The van der Waals surface area contributed by atoms with Crippen LogP contribution < -0.4 is 0 Å². The average molecular weight is 258 g/mol. The van der Waals surface area contributed by atoms with Crippen LogP contribution in [0.4, 0.5) is 0 Å². The molecular formula is C16H22N2O. The van der Waals surface area contributed by atoms with E-state index < -0.39 is 0 Å². The van der Waals surface area contributed by atoms with Crippen LogP contribution in [-0.4, -0.2) is 14.9 Å². The van der Waals surface area contributed by atoms with E-state index >= 15 is 0 Å². The van der Waals surface area contributed by atoms with E-state index in [1.807, 2.05) is 42.1 Å². The topological polar surface area (TPSA) is 38.0 Å². The summed E-state index contributed by atoms with van der Waals surface area (Å²) in [5.41, 5.74) is 3.39. The Hall–Kier alpha value is -1.61. The van der Waals surface area contributed by atoms with E-state index in [0.717, 1.165) is 36.9 Å². The van der Waals surface area contributed by atoms with Gasteiger partial charge in [-0.1, -0.05) is 37.3 Å². The van der Waals surface area contributed by atoms with Gasteiger partial charge >= 0.3 is 0 Å². The lowest BCUT2D eigenvalue weighted by Crippen LogP contribution is -2.01. The van der Waals surface area contributed by atoms with E-state index in [1.165, 1.54) is 5.69 Å². The number of aliphatic hydroxyl groups is 1. The molecule has 0 saturated heterocycles. The Bertz CT molecular complexity index is 505. The van der Waals surface area contributed by atoms with Crippen LogP contribution >= 0.6 is 0 Å². The summed E-state index contributed by atoms with van der Waals surface area (Å²) < 4.78 is 1.95. The van der Waals surface area contributed by atoms with Crippen molar-refractivity contribution in [3.63, 3.8) is 0 Å². The van der Waals surface area contributed by atoms with Gasteiger partial charge in [-0.15, -0.1) is 0 Å². The maximum atomic E-state index is 10.1. The van der Waals surface area contributed by atoms with E-state index in [9.17, 15) is 5.11 Å². The molecule has 0 aliphatic heterocycles. The minimum Gasteiger partial charge on any atom is -0.388 e. The second-order valence-corrected chi connectivity index (χ2v) is 4.92. The molecule has 1 N–H and O–H groups in total. The highest BCUT2D eigenvalue weighted by atomic mass is 16.3. The van der Waals surface area contributed by atoms with E-state index in [0.29, 0.717) is 0 Å². The smallest absolute Gasteiger partial charge is 0.0790 e. The van der Waals surface area contributed by atoms with Gasteiger partial charge in [0.2, 0.25) is 0 Å². The third-order valence-electron chi connectivity index (χ3n) is 3.48. The quantitative estimate of drug-likeness (QED) is 0.865. The molecule has 1 aromatic heterocycles. The Morgan fingerprint density at radius 3 is 2.63 bits per heavy atom. The van der Waals surface area contributed by atoms with Crippen LogP contribution in [0.2, 0.25) is 0 Å². The minimum atomic E-state index is -0.361. The summed E-state index contributed by atoms with van der Waals surface area (Å²) in [6.45, 7) is 2.12. The zero-order valence-corrected chi connectivity index (χ0v) is 11.7. The zero-order chi connectivity index (χ0) is 13.7. The molecule has 3 nitrogen and oxygen atoms in total. The molecule has 1 atom stereocenters. The van der Waals surface area contributed by atoms with Crippen molar-refractivity contribution in [1.29, 1.82) is 0 Å². The first-order valence-electron chi connectivity index (χ1n) is 6.95. The van der Waals surface area contributed by atoms with E-state index in [1.54, 1.807) is 0 Å². The van der Waals surface area contributed by atoms with Crippen molar-refractivity contribution in [2.24, 2.45) is 7.05 Å². The summed E-state index contributed by atoms with van der Waals surface area (Å²) >= 11 is 0. The molecule has 2 rings (SSSR count). The zero-order valence-electron chi connectivity index (χ0n) is 11.7. The number of aliphatic hydroxyl groups excluding tert-OH is 1. The fourth-order valence-electron chi connectivity index (χ4n) is 2.30. The van der Waals surface area contributed by atoms with Crippen LogP contribution in [0.5, 0.6) is 0 Å². The molecule has 0 bridgehead atoms. The SMILES string of the molecule is CCc1cc(CCCC(O)c2ccccc2)n(C)n1. The summed E-state index contributed by atoms with van der Waals surface area (Å²) in [6.07, 6.45) is 3.34. The summed E-state index contributed by atoms with van der Waals surface area (Å²) in [6, 6.07) is 12.0. The fraction of sp³-hybridized carbons (Fsp3) is 0.438. The maximum Gasteiger partial charge on any atom is 0.0790 e. The van der Waals surface area contributed by atoms with Gasteiger partial charge in [0.05, 0.1) is 11.8 Å². The highest BCUT2D eigenvalue weighted by Gasteiger charge is 2.08. The van der Waals surface area contributed by atoms with Gasteiger partial charge < -0.3 is 5.11 Å². The van der Waals surface area contributed by atoms with Crippen molar-refractivity contribution in [1.82, 2.24) is 9.78 Å². The van der Waals surface area contributed by atoms with Crippen LogP contribution in [-0.2, 0) is 19.9 Å². The molecule has 2 aromatic rings. The molecular weight excluding hydrogens is 236 g/mol. The molecule has 0 fully saturated rings. The molecule has 1 unspecified atom stereocenters. The highest BCUT2D eigenvalue weighted by molar-refractivity contribution is 5.17. The van der Waals surface area contributed by atoms with Crippen LogP contribution in [0.3, 0.4) is 0 Å². The summed E-state index contributed by atoms with van der Waals surface area (Å²) in [4.78, 5) is 0. The van der Waals surface area contributed by atoms with Crippen LogP contribution in [0, 0.1) is 0 Å². The molecule has 3 heteroatoms. The first-order valence-corrected chi connectivity index (χ1v) is 6.95. The van der Waals surface area contributed by atoms with Gasteiger partial charge in [0, 0.05) is 12.7 Å². The number of hydrogen-bond acceptors (Lipinski definition) is 2. The lowest BCUT2D eigenvalue weighted by atomic mass is 10.0. The van der Waals surface area contributed by atoms with E-state index in [2.05, 4.69) is 18.1 Å². The lowest BCUT2D eigenvalue weighted by Gasteiger charge is -2.10. The molecule has 1 heterocycles. The Balaban J connectivity index is 1.84. The Kier molecular flexibility index (Phi) is 4.74. The monoisotopic (exact) mass is 258 g/mol. The Labute approximate surface area is 114 Å². The predicted octanol–water partition coefficient (Wildman–Crippen LogP) is 3.04. The second kappa shape index (κ2) is 6.53. The highest BCUT2D eigenvalue weighted by Crippen LogP contribution is 2.19. The molecule has 0 amide bonds. The third-order valence-corrected chi connectivity index (χ3v) is 3.48.